The van der Waals surface area contributed by atoms with Gasteiger partial charge in [0.25, 0.3) is 0 Å². The van der Waals surface area contributed by atoms with Crippen LogP contribution in [0.25, 0.3) is 0 Å². The van der Waals surface area contributed by atoms with E-state index in [1.807, 2.05) is 0 Å². The van der Waals surface area contributed by atoms with E-state index in [4.69, 9.17) is 0 Å². The monoisotopic (exact) mass is 286 g/mol. The van der Waals surface area contributed by atoms with Crippen molar-refractivity contribution in [2.75, 3.05) is 0 Å². The fraction of sp³-hybridized carbons (Fsp3) is 0.600. The normalized spacial score (nSPS) is 12.8. The summed E-state index contributed by atoms with van der Waals surface area (Å²) in [6.07, 6.45) is 0. The Bertz CT molecular complexity index is 434. The van der Waals surface area contributed by atoms with Crippen molar-refractivity contribution in [3.05, 3.63) is 23.8 Å². The van der Waals surface area contributed by atoms with Gasteiger partial charge in [-0.25, -0.2) is 8.78 Å². The van der Waals surface area contributed by atoms with Gasteiger partial charge in [-0.15, -0.1) is 0 Å². The molecule has 1 aromatic rings. The molecule has 1 rings (SSSR count). The van der Waals surface area contributed by atoms with E-state index < -0.39 is 19.7 Å². The summed E-state index contributed by atoms with van der Waals surface area (Å²) < 4.78 is 28.0. The molecule has 1 N–H and O–H groups in total. The third kappa shape index (κ3) is 2.42. The minimum absolute atomic E-state index is 0.0957. The van der Waals surface area contributed by atoms with Crippen molar-refractivity contribution in [1.29, 1.82) is 0 Å². The highest BCUT2D eigenvalue weighted by molar-refractivity contribution is 6.95. The summed E-state index contributed by atoms with van der Waals surface area (Å²) in [5, 5.41) is 10.4. The average Bonchev–Trinajstić information content (AvgIpc) is 2.27. The van der Waals surface area contributed by atoms with Crippen molar-refractivity contribution in [2.45, 2.75) is 58.2 Å². The zero-order chi connectivity index (χ0) is 15.0. The maximum atomic E-state index is 14.3. The summed E-state index contributed by atoms with van der Waals surface area (Å²) in [5.41, 5.74) is 0.652. The van der Waals surface area contributed by atoms with Gasteiger partial charge >= 0.3 is 0 Å². The number of phenols is 1. The Morgan fingerprint density at radius 2 is 1.32 bits per heavy atom. The van der Waals surface area contributed by atoms with E-state index in [-0.39, 0.29) is 27.6 Å². The molecule has 0 fully saturated rings. The summed E-state index contributed by atoms with van der Waals surface area (Å²) in [7, 11) is -2.39. The van der Waals surface area contributed by atoms with Gasteiger partial charge in [0.15, 0.2) is 11.6 Å². The van der Waals surface area contributed by atoms with Gasteiger partial charge in [-0.3, -0.25) is 0 Å². The summed E-state index contributed by atoms with van der Waals surface area (Å²) >= 11 is 0. The van der Waals surface area contributed by atoms with Crippen LogP contribution in [-0.2, 0) is 0 Å². The summed E-state index contributed by atoms with van der Waals surface area (Å²) in [4.78, 5) is 0. The number of benzene rings is 1. The number of rotatable bonds is 4. The van der Waals surface area contributed by atoms with E-state index in [9.17, 15) is 13.9 Å². The Hall–Kier alpha value is -0.903. The van der Waals surface area contributed by atoms with E-state index in [2.05, 4.69) is 41.5 Å². The van der Waals surface area contributed by atoms with Crippen LogP contribution in [0.3, 0.4) is 0 Å². The molecular weight excluding hydrogens is 262 g/mol. The first-order valence-electron chi connectivity index (χ1n) is 6.84. The molecule has 1 nitrogen and oxygen atoms in total. The zero-order valence-electron chi connectivity index (χ0n) is 12.6. The number of halogens is 2. The Balaban J connectivity index is 3.73. The highest BCUT2D eigenvalue weighted by atomic mass is 28.3. The zero-order valence-corrected chi connectivity index (χ0v) is 13.6. The lowest BCUT2D eigenvalue weighted by atomic mass is 10.3. The van der Waals surface area contributed by atoms with Gasteiger partial charge in [-0.2, -0.15) is 0 Å². The van der Waals surface area contributed by atoms with Crippen LogP contribution in [0.1, 0.15) is 41.5 Å². The van der Waals surface area contributed by atoms with Gasteiger partial charge in [0.05, 0.1) is 0 Å². The van der Waals surface area contributed by atoms with Crippen LogP contribution in [0, 0.1) is 11.6 Å². The van der Waals surface area contributed by atoms with Crippen molar-refractivity contribution in [3.8, 4) is 5.75 Å². The molecule has 0 aliphatic rings. The topological polar surface area (TPSA) is 20.2 Å². The molecule has 0 amide bonds. The van der Waals surface area contributed by atoms with Crippen LogP contribution >= 0.6 is 0 Å². The van der Waals surface area contributed by atoms with E-state index in [1.165, 1.54) is 6.07 Å². The van der Waals surface area contributed by atoms with Gasteiger partial charge < -0.3 is 5.11 Å². The summed E-state index contributed by atoms with van der Waals surface area (Å²) in [6, 6.07) is 2.27. The molecule has 4 heteroatoms. The largest absolute Gasteiger partial charge is 0.508 e. The number of hydrogen-bond donors (Lipinski definition) is 1. The number of phenolic OH excluding ortho intramolecular Hbond substituents is 1. The third-order valence-corrected chi connectivity index (χ3v) is 11.4. The lowest BCUT2D eigenvalue weighted by molar-refractivity contribution is 0.460. The van der Waals surface area contributed by atoms with E-state index in [0.29, 0.717) is 0 Å². The summed E-state index contributed by atoms with van der Waals surface area (Å²) in [6.45, 7) is 12.3. The average molecular weight is 286 g/mol. The molecule has 0 heterocycles. The smallest absolute Gasteiger partial charge is 0.161 e. The minimum atomic E-state index is -2.39. The molecule has 0 radical (unpaired) electrons. The molecule has 0 spiro atoms. The highest BCUT2D eigenvalue weighted by Gasteiger charge is 2.48. The maximum Gasteiger partial charge on any atom is 0.161 e. The molecule has 0 aliphatic heterocycles. The lowest BCUT2D eigenvalue weighted by Gasteiger charge is -2.43. The highest BCUT2D eigenvalue weighted by Crippen LogP contribution is 2.43. The second-order valence-corrected chi connectivity index (χ2v) is 12.0. The third-order valence-electron chi connectivity index (χ3n) is 4.37. The predicted octanol–water partition coefficient (Wildman–Crippen LogP) is 4.56. The number of aromatic hydroxyl groups is 1. The second kappa shape index (κ2) is 5.61. The minimum Gasteiger partial charge on any atom is -0.508 e. The van der Waals surface area contributed by atoms with E-state index in [0.717, 1.165) is 6.07 Å². The molecule has 0 saturated carbocycles. The second-order valence-electron chi connectivity index (χ2n) is 6.15. The van der Waals surface area contributed by atoms with Crippen molar-refractivity contribution < 1.29 is 13.9 Å². The van der Waals surface area contributed by atoms with Crippen LogP contribution in [-0.4, -0.2) is 13.2 Å². The van der Waals surface area contributed by atoms with E-state index in [1.54, 1.807) is 0 Å². The van der Waals surface area contributed by atoms with E-state index >= 15 is 0 Å². The fourth-order valence-corrected chi connectivity index (χ4v) is 10.6. The molecule has 0 atom stereocenters. The van der Waals surface area contributed by atoms with Gasteiger partial charge in [-0.05, 0) is 28.8 Å². The van der Waals surface area contributed by atoms with Crippen LogP contribution < -0.4 is 5.19 Å². The molecule has 0 aliphatic carbocycles. The lowest BCUT2D eigenvalue weighted by Crippen LogP contribution is -2.57. The van der Waals surface area contributed by atoms with Crippen LogP contribution in [0.5, 0.6) is 5.75 Å². The molecule has 0 unspecified atom stereocenters. The van der Waals surface area contributed by atoms with Crippen molar-refractivity contribution in [1.82, 2.24) is 0 Å². The van der Waals surface area contributed by atoms with Crippen LogP contribution in [0.15, 0.2) is 12.1 Å². The van der Waals surface area contributed by atoms with Gasteiger partial charge in [0.2, 0.25) is 0 Å². The molecular formula is C15H24F2OSi. The SMILES string of the molecule is CC(C)[Si](c1c(O)ccc(F)c1F)(C(C)C)C(C)C. The Kier molecular flexibility index (Phi) is 4.77. The van der Waals surface area contributed by atoms with Crippen molar-refractivity contribution in [2.24, 2.45) is 0 Å². The van der Waals surface area contributed by atoms with Crippen LogP contribution in [0.2, 0.25) is 16.6 Å². The standard InChI is InChI=1S/C15H24F2OSi/c1-9(2)19(10(3)4,11(5)6)15-13(18)8-7-12(16)14(15)17/h7-11,18H,1-6H3. The first-order chi connectivity index (χ1) is 8.67. The summed E-state index contributed by atoms with van der Waals surface area (Å²) in [5.74, 6) is -1.82. The van der Waals surface area contributed by atoms with Gasteiger partial charge in [0.1, 0.15) is 13.8 Å². The predicted molar refractivity (Wildman–Crippen MR) is 78.7 cm³/mol. The molecule has 0 bridgehead atoms. The van der Waals surface area contributed by atoms with Crippen molar-refractivity contribution >= 4 is 13.3 Å². The Morgan fingerprint density at radius 3 is 1.68 bits per heavy atom. The first kappa shape index (κ1) is 16.2. The quantitative estimate of drug-likeness (QED) is 0.805. The molecule has 0 saturated heterocycles. The fourth-order valence-electron chi connectivity index (χ4n) is 3.82. The van der Waals surface area contributed by atoms with Crippen molar-refractivity contribution in [3.63, 3.8) is 0 Å². The molecule has 19 heavy (non-hydrogen) atoms. The molecule has 108 valence electrons. The van der Waals surface area contributed by atoms with Gasteiger partial charge in [0, 0.05) is 5.19 Å². The van der Waals surface area contributed by atoms with Gasteiger partial charge in [-0.1, -0.05) is 41.5 Å². The molecule has 1 aromatic carbocycles. The Labute approximate surface area is 115 Å². The van der Waals surface area contributed by atoms with Crippen LogP contribution in [0.4, 0.5) is 8.78 Å². The Morgan fingerprint density at radius 1 is 0.895 bits per heavy atom. The number of hydrogen-bond acceptors (Lipinski definition) is 1. The maximum absolute atomic E-state index is 14.3. The molecule has 0 aromatic heterocycles. The first-order valence-corrected chi connectivity index (χ1v) is 9.07.